The van der Waals surface area contributed by atoms with Gasteiger partial charge in [-0.3, -0.25) is 4.79 Å². The number of carbonyl (C=O) groups is 1. The highest BCUT2D eigenvalue weighted by atomic mass is 19.4. The smallest absolute Gasteiger partial charge is 0.433 e. The summed E-state index contributed by atoms with van der Waals surface area (Å²) in [5.41, 5.74) is -1.02. The van der Waals surface area contributed by atoms with Crippen LogP contribution in [0.2, 0.25) is 0 Å². The summed E-state index contributed by atoms with van der Waals surface area (Å²) in [5, 5.41) is 0. The Hall–Kier alpha value is -1.86. The molecule has 138 valence electrons. The van der Waals surface area contributed by atoms with Crippen LogP contribution in [0, 0.1) is 5.92 Å². The van der Waals surface area contributed by atoms with Crippen molar-refractivity contribution < 1.29 is 22.7 Å². The SMILES string of the molecule is O=C(C1CCCCC1)N1CCCC(Oc2nccc(C(F)(F)F)n2)C1. The number of rotatable bonds is 3. The monoisotopic (exact) mass is 357 g/mol. The predicted octanol–water partition coefficient (Wildman–Crippen LogP) is 3.45. The summed E-state index contributed by atoms with van der Waals surface area (Å²) in [6.45, 7) is 1.06. The van der Waals surface area contributed by atoms with E-state index in [1.165, 1.54) is 6.42 Å². The standard InChI is InChI=1S/C17H22F3N3O2/c18-17(19,20)14-8-9-21-16(22-14)25-13-7-4-10-23(11-13)15(24)12-5-2-1-3-6-12/h8-9,12-13H,1-7,10-11H2. The topological polar surface area (TPSA) is 55.3 Å². The van der Waals surface area contributed by atoms with Gasteiger partial charge < -0.3 is 9.64 Å². The molecule has 0 bridgehead atoms. The van der Waals surface area contributed by atoms with E-state index < -0.39 is 11.9 Å². The molecule has 25 heavy (non-hydrogen) atoms. The molecule has 2 fully saturated rings. The summed E-state index contributed by atoms with van der Waals surface area (Å²) in [6, 6.07) is 0.527. The summed E-state index contributed by atoms with van der Waals surface area (Å²) in [6.07, 6.45) is 2.79. The molecular weight excluding hydrogens is 335 g/mol. The Morgan fingerprint density at radius 2 is 1.92 bits per heavy atom. The molecule has 0 radical (unpaired) electrons. The minimum absolute atomic E-state index is 0.0808. The second kappa shape index (κ2) is 7.58. The fraction of sp³-hybridized carbons (Fsp3) is 0.706. The third kappa shape index (κ3) is 4.61. The van der Waals surface area contributed by atoms with Crippen LogP contribution in [0.1, 0.15) is 50.6 Å². The molecule has 1 aliphatic carbocycles. The maximum Gasteiger partial charge on any atom is 0.433 e. The molecule has 1 atom stereocenters. The van der Waals surface area contributed by atoms with Crippen molar-refractivity contribution in [1.82, 2.24) is 14.9 Å². The van der Waals surface area contributed by atoms with Gasteiger partial charge >= 0.3 is 12.2 Å². The molecule has 1 saturated carbocycles. The van der Waals surface area contributed by atoms with E-state index in [-0.39, 0.29) is 23.9 Å². The lowest BCUT2D eigenvalue weighted by Gasteiger charge is -2.35. The minimum Gasteiger partial charge on any atom is -0.458 e. The van der Waals surface area contributed by atoms with Gasteiger partial charge in [0.2, 0.25) is 5.91 Å². The molecule has 1 amide bonds. The molecule has 0 N–H and O–H groups in total. The Morgan fingerprint density at radius 3 is 2.64 bits per heavy atom. The molecule has 8 heteroatoms. The van der Waals surface area contributed by atoms with Crippen LogP contribution in [0.25, 0.3) is 0 Å². The van der Waals surface area contributed by atoms with E-state index in [0.717, 1.165) is 44.4 Å². The number of hydrogen-bond donors (Lipinski definition) is 0. The number of carbonyl (C=O) groups excluding carboxylic acids is 1. The fourth-order valence-electron chi connectivity index (χ4n) is 3.55. The number of amides is 1. The van der Waals surface area contributed by atoms with E-state index in [0.29, 0.717) is 19.5 Å². The number of nitrogens with zero attached hydrogens (tertiary/aromatic N) is 3. The molecule has 2 heterocycles. The van der Waals surface area contributed by atoms with E-state index >= 15 is 0 Å². The van der Waals surface area contributed by atoms with Gasteiger partial charge in [-0.15, -0.1) is 0 Å². The van der Waals surface area contributed by atoms with Crippen LogP contribution in [0.3, 0.4) is 0 Å². The number of aromatic nitrogens is 2. The normalized spacial score (nSPS) is 22.7. The fourth-order valence-corrected chi connectivity index (χ4v) is 3.55. The highest BCUT2D eigenvalue weighted by Gasteiger charge is 2.34. The molecule has 1 unspecified atom stereocenters. The zero-order chi connectivity index (χ0) is 17.9. The summed E-state index contributed by atoms with van der Waals surface area (Å²) in [5.74, 6) is 0.232. The number of ether oxygens (including phenoxy) is 1. The van der Waals surface area contributed by atoms with Crippen molar-refractivity contribution in [1.29, 1.82) is 0 Å². The maximum absolute atomic E-state index is 12.7. The Kier molecular flexibility index (Phi) is 5.44. The lowest BCUT2D eigenvalue weighted by atomic mass is 9.88. The van der Waals surface area contributed by atoms with Crippen molar-refractivity contribution in [3.8, 4) is 6.01 Å². The molecule has 1 aromatic rings. The average Bonchev–Trinajstić information content (AvgIpc) is 2.61. The van der Waals surface area contributed by atoms with Crippen molar-refractivity contribution in [2.75, 3.05) is 13.1 Å². The molecule has 1 aliphatic heterocycles. The number of halogens is 3. The molecule has 1 aromatic heterocycles. The highest BCUT2D eigenvalue weighted by molar-refractivity contribution is 5.79. The van der Waals surface area contributed by atoms with Crippen molar-refractivity contribution in [2.45, 2.75) is 57.2 Å². The lowest BCUT2D eigenvalue weighted by Crippen LogP contribution is -2.47. The number of piperidine rings is 1. The number of likely N-dealkylation sites (tertiary alicyclic amines) is 1. The summed E-state index contributed by atoms with van der Waals surface area (Å²) in [7, 11) is 0. The Balaban J connectivity index is 1.61. The van der Waals surface area contributed by atoms with Gasteiger partial charge in [0.25, 0.3) is 0 Å². The van der Waals surface area contributed by atoms with Gasteiger partial charge in [-0.25, -0.2) is 4.98 Å². The first-order valence-corrected chi connectivity index (χ1v) is 8.79. The highest BCUT2D eigenvalue weighted by Crippen LogP contribution is 2.29. The Morgan fingerprint density at radius 1 is 1.16 bits per heavy atom. The van der Waals surface area contributed by atoms with E-state index in [9.17, 15) is 18.0 Å². The molecular formula is C17H22F3N3O2. The molecule has 3 rings (SSSR count). The third-order valence-electron chi connectivity index (χ3n) is 4.84. The summed E-state index contributed by atoms with van der Waals surface area (Å²) >= 11 is 0. The molecule has 2 aliphatic rings. The van der Waals surface area contributed by atoms with Gasteiger partial charge in [0.05, 0.1) is 6.54 Å². The van der Waals surface area contributed by atoms with Crippen LogP contribution in [0.5, 0.6) is 6.01 Å². The molecule has 1 saturated heterocycles. The van der Waals surface area contributed by atoms with Gasteiger partial charge in [-0.05, 0) is 31.7 Å². The summed E-state index contributed by atoms with van der Waals surface area (Å²) in [4.78, 5) is 21.6. The molecule has 0 aromatic carbocycles. The van der Waals surface area contributed by atoms with Crippen molar-refractivity contribution in [3.05, 3.63) is 18.0 Å². The van der Waals surface area contributed by atoms with Crippen molar-refractivity contribution in [2.24, 2.45) is 5.92 Å². The van der Waals surface area contributed by atoms with Crippen LogP contribution in [-0.2, 0) is 11.0 Å². The van der Waals surface area contributed by atoms with Crippen LogP contribution in [-0.4, -0.2) is 40.0 Å². The van der Waals surface area contributed by atoms with Crippen LogP contribution in [0.15, 0.2) is 12.3 Å². The van der Waals surface area contributed by atoms with Crippen LogP contribution >= 0.6 is 0 Å². The Bertz CT molecular complexity index is 603. The lowest BCUT2D eigenvalue weighted by molar-refractivity contribution is -0.141. The second-order valence-electron chi connectivity index (χ2n) is 6.72. The zero-order valence-electron chi connectivity index (χ0n) is 14.0. The third-order valence-corrected chi connectivity index (χ3v) is 4.84. The van der Waals surface area contributed by atoms with Crippen molar-refractivity contribution >= 4 is 5.91 Å². The van der Waals surface area contributed by atoms with Gasteiger partial charge in [-0.2, -0.15) is 18.2 Å². The van der Waals surface area contributed by atoms with E-state index in [2.05, 4.69) is 9.97 Å². The van der Waals surface area contributed by atoms with Crippen LogP contribution in [0.4, 0.5) is 13.2 Å². The van der Waals surface area contributed by atoms with E-state index in [1.54, 1.807) is 4.90 Å². The first-order chi connectivity index (χ1) is 11.9. The van der Waals surface area contributed by atoms with Gasteiger partial charge in [0.1, 0.15) is 6.10 Å². The first-order valence-electron chi connectivity index (χ1n) is 8.79. The largest absolute Gasteiger partial charge is 0.458 e. The molecule has 0 spiro atoms. The van der Waals surface area contributed by atoms with Crippen molar-refractivity contribution in [3.63, 3.8) is 0 Å². The number of alkyl halides is 3. The van der Waals surface area contributed by atoms with Gasteiger partial charge in [0, 0.05) is 18.7 Å². The van der Waals surface area contributed by atoms with E-state index in [1.807, 2.05) is 0 Å². The number of hydrogen-bond acceptors (Lipinski definition) is 4. The summed E-state index contributed by atoms with van der Waals surface area (Å²) < 4.78 is 43.7. The first kappa shape index (κ1) is 17.9. The van der Waals surface area contributed by atoms with E-state index in [4.69, 9.17) is 4.74 Å². The average molecular weight is 357 g/mol. The quantitative estimate of drug-likeness (QED) is 0.831. The van der Waals surface area contributed by atoms with Gasteiger partial charge in [0.15, 0.2) is 5.69 Å². The molecule has 5 nitrogen and oxygen atoms in total. The Labute approximate surface area is 144 Å². The zero-order valence-corrected chi connectivity index (χ0v) is 14.0. The minimum atomic E-state index is -4.53. The van der Waals surface area contributed by atoms with Crippen LogP contribution < -0.4 is 4.74 Å². The van der Waals surface area contributed by atoms with Gasteiger partial charge in [-0.1, -0.05) is 19.3 Å². The second-order valence-corrected chi connectivity index (χ2v) is 6.72. The maximum atomic E-state index is 12.7. The predicted molar refractivity (Wildman–Crippen MR) is 83.8 cm³/mol.